The monoisotopic (exact) mass is 261 g/mol. The first kappa shape index (κ1) is 14.3. The summed E-state index contributed by atoms with van der Waals surface area (Å²) in [4.78, 5) is 21.7. The second kappa shape index (κ2) is 6.21. The molecule has 0 unspecified atom stereocenters. The molecule has 1 aromatic carbocycles. The molecule has 0 atom stereocenters. The molecule has 1 rings (SSSR count). The van der Waals surface area contributed by atoms with Gasteiger partial charge < -0.3 is 14.9 Å². The molecule has 0 aliphatic carbocycles. The fourth-order valence-electron chi connectivity index (χ4n) is 1.39. The van der Waals surface area contributed by atoms with Gasteiger partial charge in [0.2, 0.25) is 0 Å². The van der Waals surface area contributed by atoms with E-state index in [0.29, 0.717) is 12.2 Å². The van der Waals surface area contributed by atoms with E-state index >= 15 is 0 Å². The first-order valence-electron chi connectivity index (χ1n) is 5.34. The topological polar surface area (TPSA) is 108 Å². The van der Waals surface area contributed by atoms with E-state index in [4.69, 9.17) is 20.2 Å². The third-order valence-corrected chi connectivity index (χ3v) is 2.20. The highest BCUT2D eigenvalue weighted by atomic mass is 16.5. The maximum atomic E-state index is 11.1. The summed E-state index contributed by atoms with van der Waals surface area (Å²) in [6, 6.07) is 5.69. The molecule has 0 aliphatic heterocycles. The molecule has 98 valence electrons. The number of hydrogen-bond donors (Lipinski definition) is 2. The van der Waals surface area contributed by atoms with Crippen LogP contribution in [-0.2, 0) is 4.79 Å². The number of rotatable bonds is 5. The molecule has 6 heteroatoms. The standard InChI is InChI=1S/C13H11NO5/c1-2-19-11-4-3-8(6-10(11)13(17)18)5-9(7-14)12(15)16/h3-6H,2H2,1H3,(H,15,16)(H,17,18). The molecule has 19 heavy (non-hydrogen) atoms. The smallest absolute Gasteiger partial charge is 0.346 e. The third kappa shape index (κ3) is 3.57. The molecule has 0 amide bonds. The summed E-state index contributed by atoms with van der Waals surface area (Å²) in [5.74, 6) is -2.36. The fraction of sp³-hybridized carbons (Fsp3) is 0.154. The first-order valence-corrected chi connectivity index (χ1v) is 5.34. The number of nitrogens with zero attached hydrogens (tertiary/aromatic N) is 1. The summed E-state index contributed by atoms with van der Waals surface area (Å²) in [6.45, 7) is 2.03. The van der Waals surface area contributed by atoms with Crippen molar-refractivity contribution in [1.82, 2.24) is 0 Å². The van der Waals surface area contributed by atoms with Crippen LogP contribution < -0.4 is 4.74 Å². The van der Waals surface area contributed by atoms with Gasteiger partial charge in [0.05, 0.1) is 6.61 Å². The molecular formula is C13H11NO5. The molecule has 0 radical (unpaired) electrons. The zero-order valence-electron chi connectivity index (χ0n) is 10.1. The predicted octanol–water partition coefficient (Wildman–Crippen LogP) is 1.78. The quantitative estimate of drug-likeness (QED) is 0.617. The first-order chi connectivity index (χ1) is 8.99. The number of aliphatic carboxylic acids is 1. The summed E-state index contributed by atoms with van der Waals surface area (Å²) in [5, 5.41) is 26.4. The second-order valence-electron chi connectivity index (χ2n) is 3.47. The van der Waals surface area contributed by atoms with Crippen molar-refractivity contribution in [3.63, 3.8) is 0 Å². The van der Waals surface area contributed by atoms with Crippen LogP contribution in [0, 0.1) is 11.3 Å². The van der Waals surface area contributed by atoms with Crippen LogP contribution in [0.3, 0.4) is 0 Å². The van der Waals surface area contributed by atoms with Crippen LogP contribution in [-0.4, -0.2) is 28.8 Å². The van der Waals surface area contributed by atoms with Crippen LogP contribution in [0.1, 0.15) is 22.8 Å². The number of nitriles is 1. The van der Waals surface area contributed by atoms with Crippen molar-refractivity contribution in [2.75, 3.05) is 6.61 Å². The molecule has 0 saturated heterocycles. The minimum Gasteiger partial charge on any atom is -0.493 e. The largest absolute Gasteiger partial charge is 0.493 e. The Morgan fingerprint density at radius 3 is 2.58 bits per heavy atom. The molecule has 1 aromatic rings. The number of aromatic carboxylic acids is 1. The van der Waals surface area contributed by atoms with E-state index in [1.807, 2.05) is 0 Å². The normalized spacial score (nSPS) is 10.6. The molecule has 6 nitrogen and oxygen atoms in total. The SMILES string of the molecule is CCOc1ccc(C=C(C#N)C(=O)O)cc1C(=O)O. The lowest BCUT2D eigenvalue weighted by Crippen LogP contribution is -2.03. The number of ether oxygens (including phenoxy) is 1. The summed E-state index contributed by atoms with van der Waals surface area (Å²) in [6.07, 6.45) is 1.10. The molecule has 0 heterocycles. The van der Waals surface area contributed by atoms with Crippen LogP contribution in [0.4, 0.5) is 0 Å². The van der Waals surface area contributed by atoms with E-state index < -0.39 is 17.5 Å². The predicted molar refractivity (Wildman–Crippen MR) is 65.8 cm³/mol. The van der Waals surface area contributed by atoms with Gasteiger partial charge in [-0.05, 0) is 30.7 Å². The molecular weight excluding hydrogens is 250 g/mol. The Hall–Kier alpha value is -2.81. The summed E-state index contributed by atoms with van der Waals surface area (Å²) in [7, 11) is 0. The Balaban J connectivity index is 3.27. The van der Waals surface area contributed by atoms with Gasteiger partial charge in [0.15, 0.2) is 0 Å². The van der Waals surface area contributed by atoms with Gasteiger partial charge in [-0.25, -0.2) is 9.59 Å². The Morgan fingerprint density at radius 1 is 1.42 bits per heavy atom. The van der Waals surface area contributed by atoms with E-state index in [9.17, 15) is 9.59 Å². The summed E-state index contributed by atoms with van der Waals surface area (Å²) >= 11 is 0. The number of carboxylic acid groups (broad SMARTS) is 2. The number of carboxylic acids is 2. The molecule has 0 bridgehead atoms. The average Bonchev–Trinajstić information content (AvgIpc) is 2.37. The van der Waals surface area contributed by atoms with Crippen LogP contribution in [0.2, 0.25) is 0 Å². The number of benzene rings is 1. The minimum absolute atomic E-state index is 0.0849. The van der Waals surface area contributed by atoms with E-state index in [-0.39, 0.29) is 11.3 Å². The van der Waals surface area contributed by atoms with Gasteiger partial charge in [-0.1, -0.05) is 6.07 Å². The summed E-state index contributed by atoms with van der Waals surface area (Å²) in [5.41, 5.74) is -0.251. The zero-order chi connectivity index (χ0) is 14.4. The van der Waals surface area contributed by atoms with Crippen LogP contribution in [0.25, 0.3) is 6.08 Å². The van der Waals surface area contributed by atoms with E-state index in [1.165, 1.54) is 24.3 Å². The zero-order valence-corrected chi connectivity index (χ0v) is 10.1. The van der Waals surface area contributed by atoms with E-state index in [2.05, 4.69) is 0 Å². The number of hydrogen-bond acceptors (Lipinski definition) is 4. The van der Waals surface area contributed by atoms with Crippen molar-refractivity contribution in [3.05, 3.63) is 34.9 Å². The van der Waals surface area contributed by atoms with Crippen molar-refractivity contribution >= 4 is 18.0 Å². The van der Waals surface area contributed by atoms with Crippen LogP contribution in [0.5, 0.6) is 5.75 Å². The molecule has 0 saturated carbocycles. The average molecular weight is 261 g/mol. The maximum absolute atomic E-state index is 11.1. The van der Waals surface area contributed by atoms with Gasteiger partial charge in [-0.3, -0.25) is 0 Å². The summed E-state index contributed by atoms with van der Waals surface area (Å²) < 4.78 is 5.15. The minimum atomic E-state index is -1.37. The van der Waals surface area contributed by atoms with Crippen LogP contribution >= 0.6 is 0 Å². The Kier molecular flexibility index (Phi) is 4.66. The second-order valence-corrected chi connectivity index (χ2v) is 3.47. The molecule has 0 aliphatic rings. The number of carbonyl (C=O) groups is 2. The van der Waals surface area contributed by atoms with Crippen molar-refractivity contribution in [3.8, 4) is 11.8 Å². The van der Waals surface area contributed by atoms with Gasteiger partial charge in [0.1, 0.15) is 23.0 Å². The van der Waals surface area contributed by atoms with Crippen LogP contribution in [0.15, 0.2) is 23.8 Å². The highest BCUT2D eigenvalue weighted by molar-refractivity contribution is 5.97. The van der Waals surface area contributed by atoms with Crippen molar-refractivity contribution in [2.45, 2.75) is 6.92 Å². The van der Waals surface area contributed by atoms with Crippen molar-refractivity contribution in [1.29, 1.82) is 5.26 Å². The third-order valence-electron chi connectivity index (χ3n) is 2.20. The molecule has 0 fully saturated rings. The van der Waals surface area contributed by atoms with E-state index in [0.717, 1.165) is 6.08 Å². The van der Waals surface area contributed by atoms with Crippen molar-refractivity contribution < 1.29 is 24.5 Å². The van der Waals surface area contributed by atoms with Gasteiger partial charge in [-0.2, -0.15) is 5.26 Å². The highest BCUT2D eigenvalue weighted by Crippen LogP contribution is 2.21. The fourth-order valence-corrected chi connectivity index (χ4v) is 1.39. The lowest BCUT2D eigenvalue weighted by atomic mass is 10.1. The van der Waals surface area contributed by atoms with Gasteiger partial charge in [-0.15, -0.1) is 0 Å². The van der Waals surface area contributed by atoms with E-state index in [1.54, 1.807) is 6.92 Å². The lowest BCUT2D eigenvalue weighted by Gasteiger charge is -2.07. The lowest BCUT2D eigenvalue weighted by molar-refractivity contribution is -0.132. The van der Waals surface area contributed by atoms with Gasteiger partial charge in [0, 0.05) is 0 Å². The van der Waals surface area contributed by atoms with Gasteiger partial charge >= 0.3 is 11.9 Å². The Labute approximate surface area is 109 Å². The van der Waals surface area contributed by atoms with Crippen molar-refractivity contribution in [2.24, 2.45) is 0 Å². The Bertz CT molecular complexity index is 583. The maximum Gasteiger partial charge on any atom is 0.346 e. The van der Waals surface area contributed by atoms with Gasteiger partial charge in [0.25, 0.3) is 0 Å². The molecule has 0 aromatic heterocycles. The molecule has 2 N–H and O–H groups in total. The highest BCUT2D eigenvalue weighted by Gasteiger charge is 2.13. The Morgan fingerprint density at radius 2 is 2.11 bits per heavy atom. The molecule has 0 spiro atoms.